The average molecular weight is 416 g/mol. The first-order valence-electron chi connectivity index (χ1n) is 9.76. The Labute approximate surface area is 173 Å². The highest BCUT2D eigenvalue weighted by molar-refractivity contribution is 6.07. The fraction of sp³-hybridized carbons (Fsp3) is 0.450. The Morgan fingerprint density at radius 2 is 1.67 bits per heavy atom. The molecule has 2 aliphatic rings. The number of ether oxygens (including phenoxy) is 1. The van der Waals surface area contributed by atoms with E-state index in [0.717, 1.165) is 17.7 Å². The molecule has 0 aromatic heterocycles. The molecular formula is C20H24N4O6. The van der Waals surface area contributed by atoms with Crippen LogP contribution in [-0.2, 0) is 23.9 Å². The molecule has 1 saturated carbocycles. The number of hydrogen-bond acceptors (Lipinski definition) is 6. The normalized spacial score (nSPS) is 17.0. The standard InChI is InChI=1S/C20H24N4O6/c1-13(25)21-14-4-6-15(7-5-14)22-16(26)12-30-17(27)8-11-24-18(28)20(23-19(24)29)9-2-3-10-20/h4-7H,2-3,8-12H2,1H3,(H,21,25)(H,22,26)(H,23,29). The summed E-state index contributed by atoms with van der Waals surface area (Å²) in [6, 6.07) is 5.95. The number of nitrogens with zero attached hydrogens (tertiary/aromatic N) is 1. The summed E-state index contributed by atoms with van der Waals surface area (Å²) in [5.41, 5.74) is 0.259. The third kappa shape index (κ3) is 4.94. The maximum atomic E-state index is 12.5. The summed E-state index contributed by atoms with van der Waals surface area (Å²) in [6.45, 7) is 0.816. The Bertz CT molecular complexity index is 861. The molecule has 1 spiro atoms. The van der Waals surface area contributed by atoms with Crippen LogP contribution in [0.4, 0.5) is 16.2 Å². The number of nitrogens with one attached hydrogen (secondary N) is 3. The summed E-state index contributed by atoms with van der Waals surface area (Å²) in [6.07, 6.45) is 2.81. The minimum Gasteiger partial charge on any atom is -0.456 e. The van der Waals surface area contributed by atoms with E-state index in [-0.39, 0.29) is 24.8 Å². The number of esters is 1. The fourth-order valence-electron chi connectivity index (χ4n) is 3.66. The Morgan fingerprint density at radius 1 is 1.07 bits per heavy atom. The number of rotatable bonds is 7. The highest BCUT2D eigenvalue weighted by atomic mass is 16.5. The largest absolute Gasteiger partial charge is 0.456 e. The van der Waals surface area contributed by atoms with Crippen molar-refractivity contribution in [3.8, 4) is 0 Å². The summed E-state index contributed by atoms with van der Waals surface area (Å²) >= 11 is 0. The zero-order valence-electron chi connectivity index (χ0n) is 16.7. The first-order valence-corrected chi connectivity index (χ1v) is 9.76. The van der Waals surface area contributed by atoms with Gasteiger partial charge in [-0.15, -0.1) is 0 Å². The molecule has 2 fully saturated rings. The molecule has 1 saturated heterocycles. The Kier molecular flexibility index (Phi) is 6.34. The molecule has 0 atom stereocenters. The molecule has 3 N–H and O–H groups in total. The van der Waals surface area contributed by atoms with Gasteiger partial charge in [0.25, 0.3) is 11.8 Å². The van der Waals surface area contributed by atoms with Crippen molar-refractivity contribution in [2.75, 3.05) is 23.8 Å². The van der Waals surface area contributed by atoms with Gasteiger partial charge in [0, 0.05) is 24.8 Å². The third-order valence-electron chi connectivity index (χ3n) is 5.10. The quantitative estimate of drug-likeness (QED) is 0.454. The van der Waals surface area contributed by atoms with Gasteiger partial charge < -0.3 is 20.7 Å². The number of benzene rings is 1. The molecule has 30 heavy (non-hydrogen) atoms. The SMILES string of the molecule is CC(=O)Nc1ccc(NC(=O)COC(=O)CCN2C(=O)NC3(CCCC3)C2=O)cc1. The van der Waals surface area contributed by atoms with Crippen LogP contribution in [0.3, 0.4) is 0 Å². The van der Waals surface area contributed by atoms with E-state index in [4.69, 9.17) is 4.74 Å². The van der Waals surface area contributed by atoms with Gasteiger partial charge in [0.15, 0.2) is 6.61 Å². The van der Waals surface area contributed by atoms with Crippen LogP contribution < -0.4 is 16.0 Å². The summed E-state index contributed by atoms with van der Waals surface area (Å²) in [5, 5.41) is 7.91. The maximum Gasteiger partial charge on any atom is 0.325 e. The summed E-state index contributed by atoms with van der Waals surface area (Å²) in [5.74, 6) is -1.71. The zero-order chi connectivity index (χ0) is 21.7. The van der Waals surface area contributed by atoms with Crippen molar-refractivity contribution in [3.63, 3.8) is 0 Å². The molecule has 3 rings (SSSR count). The molecular weight excluding hydrogens is 392 g/mol. The van der Waals surface area contributed by atoms with Crippen LogP contribution >= 0.6 is 0 Å². The molecule has 1 aromatic carbocycles. The van der Waals surface area contributed by atoms with Crippen LogP contribution in [0.2, 0.25) is 0 Å². The lowest BCUT2D eigenvalue weighted by Crippen LogP contribution is -2.44. The van der Waals surface area contributed by atoms with Gasteiger partial charge in [-0.3, -0.25) is 24.1 Å². The number of carbonyl (C=O) groups excluding carboxylic acids is 5. The Morgan fingerprint density at radius 3 is 2.27 bits per heavy atom. The second kappa shape index (κ2) is 8.93. The maximum absolute atomic E-state index is 12.5. The van der Waals surface area contributed by atoms with E-state index in [1.807, 2.05) is 0 Å². The predicted molar refractivity (Wildman–Crippen MR) is 106 cm³/mol. The number of carbonyl (C=O) groups is 5. The number of urea groups is 1. The lowest BCUT2D eigenvalue weighted by molar-refractivity contribution is -0.147. The molecule has 1 aliphatic heterocycles. The van der Waals surface area contributed by atoms with Gasteiger partial charge in [0.2, 0.25) is 5.91 Å². The van der Waals surface area contributed by atoms with E-state index in [2.05, 4.69) is 16.0 Å². The van der Waals surface area contributed by atoms with E-state index < -0.39 is 30.1 Å². The van der Waals surface area contributed by atoms with Gasteiger partial charge in [0.05, 0.1) is 6.42 Å². The van der Waals surface area contributed by atoms with E-state index in [9.17, 15) is 24.0 Å². The van der Waals surface area contributed by atoms with E-state index in [1.54, 1.807) is 24.3 Å². The minimum atomic E-state index is -0.809. The second-order valence-corrected chi connectivity index (χ2v) is 7.39. The van der Waals surface area contributed by atoms with Crippen molar-refractivity contribution >= 4 is 41.1 Å². The first kappa shape index (κ1) is 21.3. The Hall–Kier alpha value is -3.43. The van der Waals surface area contributed by atoms with Gasteiger partial charge in [-0.25, -0.2) is 4.79 Å². The topological polar surface area (TPSA) is 134 Å². The average Bonchev–Trinajstić information content (AvgIpc) is 3.25. The number of hydrogen-bond donors (Lipinski definition) is 3. The lowest BCUT2D eigenvalue weighted by atomic mass is 9.98. The summed E-state index contributed by atoms with van der Waals surface area (Å²) in [7, 11) is 0. The summed E-state index contributed by atoms with van der Waals surface area (Å²) in [4.78, 5) is 60.5. The van der Waals surface area contributed by atoms with Crippen LogP contribution in [0.15, 0.2) is 24.3 Å². The van der Waals surface area contributed by atoms with Crippen LogP contribution in [0, 0.1) is 0 Å². The van der Waals surface area contributed by atoms with E-state index >= 15 is 0 Å². The van der Waals surface area contributed by atoms with Gasteiger partial charge >= 0.3 is 12.0 Å². The molecule has 0 radical (unpaired) electrons. The third-order valence-corrected chi connectivity index (χ3v) is 5.10. The molecule has 1 heterocycles. The lowest BCUT2D eigenvalue weighted by Gasteiger charge is -2.19. The highest BCUT2D eigenvalue weighted by Gasteiger charge is 2.52. The zero-order valence-corrected chi connectivity index (χ0v) is 16.7. The van der Waals surface area contributed by atoms with Crippen molar-refractivity contribution in [1.82, 2.24) is 10.2 Å². The molecule has 5 amide bonds. The van der Waals surface area contributed by atoms with Crippen molar-refractivity contribution in [1.29, 1.82) is 0 Å². The van der Waals surface area contributed by atoms with E-state index in [0.29, 0.717) is 24.2 Å². The van der Waals surface area contributed by atoms with Crippen LogP contribution in [0.25, 0.3) is 0 Å². The molecule has 0 unspecified atom stereocenters. The van der Waals surface area contributed by atoms with Gasteiger partial charge in [0.1, 0.15) is 5.54 Å². The number of imide groups is 1. The minimum absolute atomic E-state index is 0.0858. The number of anilines is 2. The second-order valence-electron chi connectivity index (χ2n) is 7.39. The molecule has 10 heteroatoms. The van der Waals surface area contributed by atoms with Crippen LogP contribution in [-0.4, -0.2) is 53.3 Å². The van der Waals surface area contributed by atoms with Crippen LogP contribution in [0.5, 0.6) is 0 Å². The van der Waals surface area contributed by atoms with Crippen molar-refractivity contribution in [2.24, 2.45) is 0 Å². The van der Waals surface area contributed by atoms with Crippen molar-refractivity contribution in [3.05, 3.63) is 24.3 Å². The molecule has 0 bridgehead atoms. The van der Waals surface area contributed by atoms with Crippen molar-refractivity contribution < 1.29 is 28.7 Å². The molecule has 10 nitrogen and oxygen atoms in total. The van der Waals surface area contributed by atoms with Crippen LogP contribution in [0.1, 0.15) is 39.0 Å². The highest BCUT2D eigenvalue weighted by Crippen LogP contribution is 2.35. The molecule has 160 valence electrons. The fourth-order valence-corrected chi connectivity index (χ4v) is 3.66. The predicted octanol–water partition coefficient (Wildman–Crippen LogP) is 1.38. The Balaban J connectivity index is 1.40. The monoisotopic (exact) mass is 416 g/mol. The van der Waals surface area contributed by atoms with E-state index in [1.165, 1.54) is 6.92 Å². The summed E-state index contributed by atoms with van der Waals surface area (Å²) < 4.78 is 4.92. The number of amides is 5. The van der Waals surface area contributed by atoms with Gasteiger partial charge in [-0.1, -0.05) is 12.8 Å². The smallest absolute Gasteiger partial charge is 0.325 e. The van der Waals surface area contributed by atoms with Gasteiger partial charge in [-0.2, -0.15) is 0 Å². The van der Waals surface area contributed by atoms with Gasteiger partial charge in [-0.05, 0) is 37.1 Å². The van der Waals surface area contributed by atoms with Crippen molar-refractivity contribution in [2.45, 2.75) is 44.6 Å². The molecule has 1 aromatic rings. The first-order chi connectivity index (χ1) is 14.3. The molecule has 1 aliphatic carbocycles.